The maximum atomic E-state index is 13.6. The molecule has 1 atom stereocenters. The van der Waals surface area contributed by atoms with Gasteiger partial charge in [-0.3, -0.25) is 9.78 Å². The zero-order valence-corrected chi connectivity index (χ0v) is 15.4. The molecule has 1 N–H and O–H groups in total. The van der Waals surface area contributed by atoms with Gasteiger partial charge >= 0.3 is 6.18 Å². The topological polar surface area (TPSA) is 45.2 Å². The third kappa shape index (κ3) is 4.77. The summed E-state index contributed by atoms with van der Waals surface area (Å²) in [7, 11) is 0. The molecule has 0 aliphatic carbocycles. The average molecular weight is 379 g/mol. The van der Waals surface area contributed by atoms with E-state index in [0.717, 1.165) is 25.8 Å². The molecule has 1 aromatic carbocycles. The van der Waals surface area contributed by atoms with Crippen LogP contribution in [0.5, 0.6) is 0 Å². The molecule has 1 fully saturated rings. The Morgan fingerprint density at radius 1 is 1.33 bits per heavy atom. The van der Waals surface area contributed by atoms with Crippen LogP contribution in [0.25, 0.3) is 10.9 Å². The summed E-state index contributed by atoms with van der Waals surface area (Å²) in [6.07, 6.45) is -0.486. The standard InChI is InChI=1S/C20H24F3N3O/c1-14-6-4-10-26(13-14)11-5-9-24-19(27)16-12-25-17-8-3-2-7-15(17)18(16)20(21,22)23/h2-3,7-8,12,14H,4-6,9-11,13H2,1H3,(H,24,27). The van der Waals surface area contributed by atoms with E-state index in [1.165, 1.54) is 31.0 Å². The van der Waals surface area contributed by atoms with Crippen molar-refractivity contribution in [2.75, 3.05) is 26.2 Å². The monoisotopic (exact) mass is 379 g/mol. The molecule has 3 rings (SSSR count). The second-order valence-electron chi connectivity index (χ2n) is 7.22. The van der Waals surface area contributed by atoms with Crippen LogP contribution < -0.4 is 5.32 Å². The van der Waals surface area contributed by atoms with E-state index in [2.05, 4.69) is 22.1 Å². The first-order valence-electron chi connectivity index (χ1n) is 9.31. The first kappa shape index (κ1) is 19.6. The van der Waals surface area contributed by atoms with Crippen LogP contribution in [0.3, 0.4) is 0 Å². The van der Waals surface area contributed by atoms with Crippen molar-refractivity contribution in [3.8, 4) is 0 Å². The number of likely N-dealkylation sites (tertiary alicyclic amines) is 1. The molecule has 0 radical (unpaired) electrons. The van der Waals surface area contributed by atoms with Gasteiger partial charge in [-0.25, -0.2) is 0 Å². The van der Waals surface area contributed by atoms with Crippen molar-refractivity contribution in [3.63, 3.8) is 0 Å². The number of hydrogen-bond acceptors (Lipinski definition) is 3. The van der Waals surface area contributed by atoms with Gasteiger partial charge in [-0.05, 0) is 44.3 Å². The molecule has 4 nitrogen and oxygen atoms in total. The Bertz CT molecular complexity index is 807. The fraction of sp³-hybridized carbons (Fsp3) is 0.500. The number of alkyl halides is 3. The van der Waals surface area contributed by atoms with E-state index in [0.29, 0.717) is 18.9 Å². The molecule has 27 heavy (non-hydrogen) atoms. The number of para-hydroxylation sites is 1. The summed E-state index contributed by atoms with van der Waals surface area (Å²) in [6.45, 7) is 5.49. The molecule has 2 aromatic rings. The minimum absolute atomic E-state index is 0.0556. The van der Waals surface area contributed by atoms with Gasteiger partial charge in [-0.15, -0.1) is 0 Å². The molecular formula is C20H24F3N3O. The van der Waals surface area contributed by atoms with Crippen molar-refractivity contribution in [1.82, 2.24) is 15.2 Å². The zero-order valence-electron chi connectivity index (χ0n) is 15.4. The summed E-state index contributed by atoms with van der Waals surface area (Å²) in [5.74, 6) is -0.0565. The number of rotatable bonds is 5. The molecule has 1 aliphatic rings. The van der Waals surface area contributed by atoms with E-state index >= 15 is 0 Å². The molecule has 1 saturated heterocycles. The van der Waals surface area contributed by atoms with Gasteiger partial charge in [0, 0.05) is 24.7 Å². The summed E-state index contributed by atoms with van der Waals surface area (Å²) >= 11 is 0. The van der Waals surface area contributed by atoms with E-state index < -0.39 is 23.2 Å². The van der Waals surface area contributed by atoms with Crippen LogP contribution in [0.4, 0.5) is 13.2 Å². The van der Waals surface area contributed by atoms with Gasteiger partial charge in [0.05, 0.1) is 16.6 Å². The van der Waals surface area contributed by atoms with Gasteiger partial charge in [0.2, 0.25) is 0 Å². The lowest BCUT2D eigenvalue weighted by Crippen LogP contribution is -2.36. The average Bonchev–Trinajstić information content (AvgIpc) is 2.63. The summed E-state index contributed by atoms with van der Waals surface area (Å²) in [6, 6.07) is 5.99. The second kappa shape index (κ2) is 8.25. The van der Waals surface area contributed by atoms with Crippen LogP contribution in [-0.4, -0.2) is 42.0 Å². The van der Waals surface area contributed by atoms with E-state index in [1.54, 1.807) is 6.07 Å². The third-order valence-electron chi connectivity index (χ3n) is 4.98. The zero-order chi connectivity index (χ0) is 19.4. The quantitative estimate of drug-likeness (QED) is 0.796. The first-order chi connectivity index (χ1) is 12.9. The van der Waals surface area contributed by atoms with Gasteiger partial charge in [-0.1, -0.05) is 25.1 Å². The molecule has 0 saturated carbocycles. The Hall–Kier alpha value is -2.15. The third-order valence-corrected chi connectivity index (χ3v) is 4.98. The second-order valence-corrected chi connectivity index (χ2v) is 7.22. The maximum Gasteiger partial charge on any atom is 0.417 e. The molecule has 0 spiro atoms. The highest BCUT2D eigenvalue weighted by Gasteiger charge is 2.37. The Balaban J connectivity index is 1.67. The van der Waals surface area contributed by atoms with Crippen molar-refractivity contribution in [3.05, 3.63) is 41.6 Å². The van der Waals surface area contributed by atoms with Gasteiger partial charge in [-0.2, -0.15) is 13.2 Å². The largest absolute Gasteiger partial charge is 0.417 e. The highest BCUT2D eigenvalue weighted by atomic mass is 19.4. The number of benzene rings is 1. The number of carbonyl (C=O) groups excluding carboxylic acids is 1. The lowest BCUT2D eigenvalue weighted by atomic mass is 10.0. The molecule has 1 aromatic heterocycles. The summed E-state index contributed by atoms with van der Waals surface area (Å²) < 4.78 is 40.8. The summed E-state index contributed by atoms with van der Waals surface area (Å²) in [4.78, 5) is 18.8. The number of piperidine rings is 1. The molecule has 1 aliphatic heterocycles. The van der Waals surface area contributed by atoms with Gasteiger partial charge in [0.15, 0.2) is 0 Å². The fourth-order valence-electron chi connectivity index (χ4n) is 3.71. The molecule has 146 valence electrons. The van der Waals surface area contributed by atoms with Crippen molar-refractivity contribution in [2.24, 2.45) is 5.92 Å². The number of amides is 1. The minimum atomic E-state index is -4.63. The number of hydrogen-bond donors (Lipinski definition) is 1. The smallest absolute Gasteiger partial charge is 0.352 e. The lowest BCUT2D eigenvalue weighted by Gasteiger charge is -2.30. The van der Waals surface area contributed by atoms with Crippen LogP contribution in [0, 0.1) is 5.92 Å². The van der Waals surface area contributed by atoms with Gasteiger partial charge in [0.1, 0.15) is 0 Å². The Kier molecular flexibility index (Phi) is 5.99. The van der Waals surface area contributed by atoms with Gasteiger partial charge < -0.3 is 10.2 Å². The SMILES string of the molecule is CC1CCCN(CCCNC(=O)c2cnc3ccccc3c2C(F)(F)F)C1. The number of pyridine rings is 1. The van der Waals surface area contributed by atoms with Crippen LogP contribution in [0.15, 0.2) is 30.5 Å². The van der Waals surface area contributed by atoms with E-state index in [-0.39, 0.29) is 10.9 Å². The Morgan fingerprint density at radius 2 is 2.11 bits per heavy atom. The van der Waals surface area contributed by atoms with Crippen LogP contribution in [-0.2, 0) is 6.18 Å². The van der Waals surface area contributed by atoms with Crippen molar-refractivity contribution in [1.29, 1.82) is 0 Å². The maximum absolute atomic E-state index is 13.6. The summed E-state index contributed by atoms with van der Waals surface area (Å²) in [5.41, 5.74) is -1.12. The number of nitrogens with zero attached hydrogens (tertiary/aromatic N) is 2. The van der Waals surface area contributed by atoms with Crippen molar-refractivity contribution in [2.45, 2.75) is 32.4 Å². The van der Waals surface area contributed by atoms with E-state index in [9.17, 15) is 18.0 Å². The number of nitrogens with one attached hydrogen (secondary N) is 1. The van der Waals surface area contributed by atoms with Crippen LogP contribution >= 0.6 is 0 Å². The molecule has 2 heterocycles. The predicted octanol–water partition coefficient (Wildman–Crippen LogP) is 4.11. The lowest BCUT2D eigenvalue weighted by molar-refractivity contribution is -0.136. The van der Waals surface area contributed by atoms with Crippen molar-refractivity contribution >= 4 is 16.8 Å². The Labute approximate surface area is 156 Å². The van der Waals surface area contributed by atoms with Crippen molar-refractivity contribution < 1.29 is 18.0 Å². The predicted molar refractivity (Wildman–Crippen MR) is 98.5 cm³/mol. The molecular weight excluding hydrogens is 355 g/mol. The number of fused-ring (bicyclic) bond motifs is 1. The summed E-state index contributed by atoms with van der Waals surface area (Å²) in [5, 5.41) is 2.57. The first-order valence-corrected chi connectivity index (χ1v) is 9.31. The van der Waals surface area contributed by atoms with Crippen LogP contribution in [0.1, 0.15) is 42.1 Å². The fourth-order valence-corrected chi connectivity index (χ4v) is 3.71. The van der Waals surface area contributed by atoms with Gasteiger partial charge in [0.25, 0.3) is 5.91 Å². The van der Waals surface area contributed by atoms with Crippen LogP contribution in [0.2, 0.25) is 0 Å². The normalized spacial score (nSPS) is 18.6. The van der Waals surface area contributed by atoms with E-state index in [1.807, 2.05) is 0 Å². The number of carbonyl (C=O) groups is 1. The minimum Gasteiger partial charge on any atom is -0.352 e. The number of halogens is 3. The number of aromatic nitrogens is 1. The molecule has 1 unspecified atom stereocenters. The Morgan fingerprint density at radius 3 is 2.85 bits per heavy atom. The molecule has 1 amide bonds. The highest BCUT2D eigenvalue weighted by Crippen LogP contribution is 2.36. The van der Waals surface area contributed by atoms with E-state index in [4.69, 9.17) is 0 Å². The molecule has 7 heteroatoms. The molecule has 0 bridgehead atoms. The highest BCUT2D eigenvalue weighted by molar-refractivity contribution is 6.00.